The summed E-state index contributed by atoms with van der Waals surface area (Å²) in [6, 6.07) is 8.02. The molecule has 92 valence electrons. The highest BCUT2D eigenvalue weighted by Crippen LogP contribution is 2.16. The number of rotatable bonds is 2. The first kappa shape index (κ1) is 11.2. The van der Waals surface area contributed by atoms with Crippen molar-refractivity contribution in [2.24, 2.45) is 0 Å². The molecule has 4 nitrogen and oxygen atoms in total. The molecule has 3 aromatic rings. The van der Waals surface area contributed by atoms with Crippen molar-refractivity contribution in [2.75, 3.05) is 0 Å². The highest BCUT2D eigenvalue weighted by Gasteiger charge is 2.09. The summed E-state index contributed by atoms with van der Waals surface area (Å²) in [7, 11) is 0. The maximum atomic E-state index is 5.60. The average Bonchev–Trinajstić information content (AvgIpc) is 2.82. The van der Waals surface area contributed by atoms with Crippen molar-refractivity contribution in [1.29, 1.82) is 0 Å². The normalized spacial score (nSPS) is 11.2. The standard InChI is InChI=1S/C13H13N3OS/c1-8-9(2)17-12(14-8)7-16-11-6-4-3-5-10(11)15-13(16)18/h3-6H,7H2,1-2H3,(H,15,18). The van der Waals surface area contributed by atoms with Crippen molar-refractivity contribution in [3.8, 4) is 0 Å². The van der Waals surface area contributed by atoms with E-state index in [1.54, 1.807) is 0 Å². The highest BCUT2D eigenvalue weighted by atomic mass is 32.1. The van der Waals surface area contributed by atoms with Gasteiger partial charge in [-0.05, 0) is 38.2 Å². The van der Waals surface area contributed by atoms with Gasteiger partial charge in [-0.2, -0.15) is 0 Å². The van der Waals surface area contributed by atoms with Gasteiger partial charge in [0.05, 0.1) is 16.7 Å². The smallest absolute Gasteiger partial charge is 0.214 e. The fourth-order valence-electron chi connectivity index (χ4n) is 2.01. The van der Waals surface area contributed by atoms with Crippen LogP contribution in [0.4, 0.5) is 0 Å². The van der Waals surface area contributed by atoms with E-state index in [0.29, 0.717) is 17.2 Å². The Morgan fingerprint density at radius 2 is 2.11 bits per heavy atom. The van der Waals surface area contributed by atoms with E-state index in [2.05, 4.69) is 9.97 Å². The Kier molecular flexibility index (Phi) is 2.56. The van der Waals surface area contributed by atoms with Gasteiger partial charge < -0.3 is 14.0 Å². The van der Waals surface area contributed by atoms with Gasteiger partial charge in [0.15, 0.2) is 4.77 Å². The van der Waals surface area contributed by atoms with Gasteiger partial charge in [-0.25, -0.2) is 4.98 Å². The van der Waals surface area contributed by atoms with Crippen LogP contribution in [0.25, 0.3) is 11.0 Å². The summed E-state index contributed by atoms with van der Waals surface area (Å²) >= 11 is 5.33. The van der Waals surface area contributed by atoms with E-state index in [1.165, 1.54) is 0 Å². The zero-order valence-electron chi connectivity index (χ0n) is 10.2. The lowest BCUT2D eigenvalue weighted by Gasteiger charge is -2.00. The second-order valence-corrected chi connectivity index (χ2v) is 4.67. The Labute approximate surface area is 109 Å². The number of hydrogen-bond donors (Lipinski definition) is 1. The molecule has 0 fully saturated rings. The number of aromatic amines is 1. The van der Waals surface area contributed by atoms with E-state index in [1.807, 2.05) is 42.7 Å². The zero-order valence-corrected chi connectivity index (χ0v) is 11.0. The second kappa shape index (κ2) is 4.10. The number of benzene rings is 1. The van der Waals surface area contributed by atoms with Crippen LogP contribution in [0, 0.1) is 18.6 Å². The number of nitrogens with one attached hydrogen (secondary N) is 1. The van der Waals surface area contributed by atoms with E-state index < -0.39 is 0 Å². The first-order valence-corrected chi connectivity index (χ1v) is 6.16. The Morgan fingerprint density at radius 1 is 1.33 bits per heavy atom. The predicted molar refractivity (Wildman–Crippen MR) is 72.2 cm³/mol. The highest BCUT2D eigenvalue weighted by molar-refractivity contribution is 7.71. The molecule has 0 saturated heterocycles. The molecule has 5 heteroatoms. The van der Waals surface area contributed by atoms with Crippen molar-refractivity contribution in [2.45, 2.75) is 20.4 Å². The van der Waals surface area contributed by atoms with Crippen LogP contribution in [0.3, 0.4) is 0 Å². The van der Waals surface area contributed by atoms with Gasteiger partial charge in [0.2, 0.25) is 5.89 Å². The fourth-order valence-corrected chi connectivity index (χ4v) is 2.28. The molecule has 0 aliphatic carbocycles. The van der Waals surface area contributed by atoms with E-state index in [0.717, 1.165) is 22.5 Å². The fraction of sp³-hybridized carbons (Fsp3) is 0.231. The van der Waals surface area contributed by atoms with E-state index in [4.69, 9.17) is 16.6 Å². The molecular formula is C13H13N3OS. The summed E-state index contributed by atoms with van der Waals surface area (Å²) in [5, 5.41) is 0. The van der Waals surface area contributed by atoms with E-state index in [9.17, 15) is 0 Å². The molecule has 0 bridgehead atoms. The first-order valence-electron chi connectivity index (χ1n) is 5.75. The van der Waals surface area contributed by atoms with Crippen LogP contribution >= 0.6 is 12.2 Å². The summed E-state index contributed by atoms with van der Waals surface area (Å²) in [5.74, 6) is 1.54. The Bertz CT molecular complexity index is 746. The molecule has 2 heterocycles. The molecule has 1 N–H and O–H groups in total. The lowest BCUT2D eigenvalue weighted by atomic mass is 10.3. The molecule has 0 spiro atoms. The molecule has 0 atom stereocenters. The summed E-state index contributed by atoms with van der Waals surface area (Å²) in [6.45, 7) is 4.41. The van der Waals surface area contributed by atoms with Gasteiger partial charge in [0, 0.05) is 0 Å². The lowest BCUT2D eigenvalue weighted by Crippen LogP contribution is -1.99. The number of nitrogens with zero attached hydrogens (tertiary/aromatic N) is 2. The third kappa shape index (κ3) is 1.76. The van der Waals surface area contributed by atoms with Crippen molar-refractivity contribution < 1.29 is 4.42 Å². The second-order valence-electron chi connectivity index (χ2n) is 4.28. The number of para-hydroxylation sites is 2. The minimum Gasteiger partial charge on any atom is -0.444 e. The lowest BCUT2D eigenvalue weighted by molar-refractivity contribution is 0.458. The number of H-pyrrole nitrogens is 1. The zero-order chi connectivity index (χ0) is 12.7. The third-order valence-corrected chi connectivity index (χ3v) is 3.37. The maximum Gasteiger partial charge on any atom is 0.214 e. The van der Waals surface area contributed by atoms with Crippen molar-refractivity contribution in [3.05, 3.63) is 46.4 Å². The minimum absolute atomic E-state index is 0.553. The van der Waals surface area contributed by atoms with Crippen molar-refractivity contribution in [3.63, 3.8) is 0 Å². The number of oxazole rings is 1. The average molecular weight is 259 g/mol. The van der Waals surface area contributed by atoms with Crippen LogP contribution in [0.1, 0.15) is 17.3 Å². The van der Waals surface area contributed by atoms with Gasteiger partial charge in [-0.1, -0.05) is 12.1 Å². The van der Waals surface area contributed by atoms with E-state index in [-0.39, 0.29) is 0 Å². The monoisotopic (exact) mass is 259 g/mol. The third-order valence-electron chi connectivity index (χ3n) is 3.05. The largest absolute Gasteiger partial charge is 0.444 e. The van der Waals surface area contributed by atoms with Gasteiger partial charge in [-0.3, -0.25) is 0 Å². The molecule has 18 heavy (non-hydrogen) atoms. The van der Waals surface area contributed by atoms with Crippen LogP contribution in [-0.4, -0.2) is 14.5 Å². The topological polar surface area (TPSA) is 46.8 Å². The molecule has 1 aromatic carbocycles. The first-order chi connectivity index (χ1) is 8.65. The SMILES string of the molecule is Cc1nc(Cn2c(=S)[nH]c3ccccc32)oc1C. The van der Waals surface area contributed by atoms with Crippen LogP contribution in [-0.2, 0) is 6.54 Å². The molecule has 2 aromatic heterocycles. The molecule has 0 unspecified atom stereocenters. The molecule has 0 aliphatic heterocycles. The molecule has 0 radical (unpaired) electrons. The van der Waals surface area contributed by atoms with E-state index >= 15 is 0 Å². The molecule has 0 saturated carbocycles. The summed E-state index contributed by atoms with van der Waals surface area (Å²) < 4.78 is 8.28. The Morgan fingerprint density at radius 3 is 2.83 bits per heavy atom. The van der Waals surface area contributed by atoms with Gasteiger partial charge in [-0.15, -0.1) is 0 Å². The number of aromatic nitrogens is 3. The molecule has 0 amide bonds. The Balaban J connectivity index is 2.09. The number of hydrogen-bond acceptors (Lipinski definition) is 3. The molecule has 3 rings (SSSR count). The quantitative estimate of drug-likeness (QED) is 0.718. The number of imidazole rings is 1. The predicted octanol–water partition coefficient (Wildman–Crippen LogP) is 3.35. The Hall–Kier alpha value is -1.88. The number of fused-ring (bicyclic) bond motifs is 1. The van der Waals surface area contributed by atoms with Gasteiger partial charge >= 0.3 is 0 Å². The minimum atomic E-state index is 0.553. The summed E-state index contributed by atoms with van der Waals surface area (Å²) in [6.07, 6.45) is 0. The summed E-state index contributed by atoms with van der Waals surface area (Å²) in [5.41, 5.74) is 3.02. The maximum absolute atomic E-state index is 5.60. The van der Waals surface area contributed by atoms with Crippen LogP contribution in [0.2, 0.25) is 0 Å². The van der Waals surface area contributed by atoms with Gasteiger partial charge in [0.25, 0.3) is 0 Å². The molecular weight excluding hydrogens is 246 g/mol. The molecule has 0 aliphatic rings. The summed E-state index contributed by atoms with van der Waals surface area (Å²) in [4.78, 5) is 7.56. The van der Waals surface area contributed by atoms with Crippen molar-refractivity contribution >= 4 is 23.3 Å². The van der Waals surface area contributed by atoms with Crippen LogP contribution < -0.4 is 0 Å². The van der Waals surface area contributed by atoms with Crippen LogP contribution in [0.5, 0.6) is 0 Å². The van der Waals surface area contributed by atoms with Gasteiger partial charge in [0.1, 0.15) is 12.3 Å². The number of aryl methyl sites for hydroxylation is 2. The van der Waals surface area contributed by atoms with Crippen molar-refractivity contribution in [1.82, 2.24) is 14.5 Å². The van der Waals surface area contributed by atoms with Crippen LogP contribution in [0.15, 0.2) is 28.7 Å².